The smallest absolute Gasteiger partial charge is 0.145 e. The molecule has 1 rings (SSSR count). The minimum absolute atomic E-state index is 0.0845. The largest absolute Gasteiger partial charge is 0.298 e. The maximum Gasteiger partial charge on any atom is 0.145 e. The normalized spacial score (nSPS) is 11.9. The Morgan fingerprint density at radius 1 is 1.13 bits per heavy atom. The first kappa shape index (κ1) is 12.0. The topological polar surface area (TPSA) is 17.1 Å². The molecule has 0 aromatic heterocycles. The molecule has 15 heavy (non-hydrogen) atoms. The van der Waals surface area contributed by atoms with Crippen molar-refractivity contribution in [2.45, 2.75) is 40.0 Å². The zero-order valence-corrected chi connectivity index (χ0v) is 10.3. The van der Waals surface area contributed by atoms with E-state index < -0.39 is 0 Å². The number of hydrogen-bond donors (Lipinski definition) is 0. The summed E-state index contributed by atoms with van der Waals surface area (Å²) in [6.07, 6.45) is 0. The molecule has 0 fully saturated rings. The molecule has 0 amide bonds. The Hall–Kier alpha value is -1.11. The van der Waals surface area contributed by atoms with Crippen LogP contribution < -0.4 is 0 Å². The van der Waals surface area contributed by atoms with Gasteiger partial charge in [-0.1, -0.05) is 43.7 Å². The highest BCUT2D eigenvalue weighted by Crippen LogP contribution is 2.27. The van der Waals surface area contributed by atoms with Crippen molar-refractivity contribution in [1.82, 2.24) is 0 Å². The lowest BCUT2D eigenvalue weighted by Crippen LogP contribution is -2.32. The van der Waals surface area contributed by atoms with Crippen molar-refractivity contribution >= 4 is 5.78 Å². The van der Waals surface area contributed by atoms with Gasteiger partial charge >= 0.3 is 0 Å². The number of rotatable bonds is 3. The lowest BCUT2D eigenvalue weighted by molar-refractivity contribution is -0.126. The van der Waals surface area contributed by atoms with Gasteiger partial charge in [0, 0.05) is 11.3 Å². The van der Waals surface area contributed by atoms with Gasteiger partial charge in [0.05, 0.1) is 0 Å². The van der Waals surface area contributed by atoms with E-state index in [1.165, 1.54) is 5.56 Å². The quantitative estimate of drug-likeness (QED) is 0.736. The molecule has 0 aliphatic heterocycles. The Morgan fingerprint density at radius 3 is 2.00 bits per heavy atom. The van der Waals surface area contributed by atoms with E-state index in [2.05, 4.69) is 31.2 Å². The first-order chi connectivity index (χ1) is 6.85. The van der Waals surface area contributed by atoms with Crippen molar-refractivity contribution in [1.29, 1.82) is 0 Å². The minimum atomic E-state index is -0.373. The molecule has 0 radical (unpaired) electrons. The second-order valence-electron chi connectivity index (χ2n) is 5.01. The van der Waals surface area contributed by atoms with Gasteiger partial charge in [-0.3, -0.25) is 4.79 Å². The molecule has 1 nitrogen and oxygen atoms in total. The molecule has 1 aromatic rings. The Kier molecular flexibility index (Phi) is 3.33. The number of Topliss-reactive ketones (excluding diaryl/α,β-unsaturated/α-hetero) is 1. The summed E-state index contributed by atoms with van der Waals surface area (Å²) in [6, 6.07) is 8.22. The molecule has 0 N–H and O–H groups in total. The van der Waals surface area contributed by atoms with Gasteiger partial charge in [-0.2, -0.15) is 0 Å². The number of hydrogen-bond acceptors (Lipinski definition) is 1. The fourth-order valence-corrected chi connectivity index (χ4v) is 1.83. The summed E-state index contributed by atoms with van der Waals surface area (Å²) in [4.78, 5) is 12.0. The summed E-state index contributed by atoms with van der Waals surface area (Å²) in [5, 5.41) is 0. The van der Waals surface area contributed by atoms with Crippen LogP contribution in [0.25, 0.3) is 0 Å². The molecule has 0 aliphatic rings. The number of carbonyl (C=O) groups is 1. The van der Waals surface area contributed by atoms with Crippen LogP contribution in [0, 0.1) is 12.8 Å². The minimum Gasteiger partial charge on any atom is -0.298 e. The monoisotopic (exact) mass is 204 g/mol. The fourth-order valence-electron chi connectivity index (χ4n) is 1.83. The fraction of sp³-hybridized carbons (Fsp3) is 0.500. The van der Waals surface area contributed by atoms with Crippen molar-refractivity contribution < 1.29 is 4.79 Å². The summed E-state index contributed by atoms with van der Waals surface area (Å²) >= 11 is 0. The number of benzene rings is 1. The van der Waals surface area contributed by atoms with Gasteiger partial charge in [-0.05, 0) is 26.3 Å². The summed E-state index contributed by atoms with van der Waals surface area (Å²) in [5.74, 6) is 0.382. The molecular weight excluding hydrogens is 184 g/mol. The Labute approximate surface area is 92.5 Å². The van der Waals surface area contributed by atoms with E-state index >= 15 is 0 Å². The third-order valence-corrected chi connectivity index (χ3v) is 2.91. The standard InChI is InChI=1S/C14H20O/c1-10(2)13(15)14(4,5)12-8-6-11(3)7-9-12/h6-10H,1-5H3. The van der Waals surface area contributed by atoms with E-state index in [1.54, 1.807) is 0 Å². The Morgan fingerprint density at radius 2 is 1.60 bits per heavy atom. The van der Waals surface area contributed by atoms with Crippen molar-refractivity contribution in [3.8, 4) is 0 Å². The first-order valence-corrected chi connectivity index (χ1v) is 5.47. The van der Waals surface area contributed by atoms with Crippen LogP contribution in [0.5, 0.6) is 0 Å². The lowest BCUT2D eigenvalue weighted by atomic mass is 9.76. The van der Waals surface area contributed by atoms with Crippen LogP contribution in [-0.4, -0.2) is 5.78 Å². The van der Waals surface area contributed by atoms with Gasteiger partial charge < -0.3 is 0 Å². The molecule has 0 saturated heterocycles. The second kappa shape index (κ2) is 4.18. The van der Waals surface area contributed by atoms with Crippen LogP contribution in [0.15, 0.2) is 24.3 Å². The number of ketones is 1. The van der Waals surface area contributed by atoms with Gasteiger partial charge in [0.1, 0.15) is 5.78 Å². The molecule has 0 bridgehead atoms. The Bertz CT molecular complexity index is 344. The molecule has 0 unspecified atom stereocenters. The van der Waals surface area contributed by atoms with Crippen LogP contribution in [0.2, 0.25) is 0 Å². The molecule has 0 saturated carbocycles. The van der Waals surface area contributed by atoms with E-state index in [0.717, 1.165) is 5.56 Å². The molecule has 0 aliphatic carbocycles. The van der Waals surface area contributed by atoms with E-state index in [0.29, 0.717) is 5.78 Å². The summed E-state index contributed by atoms with van der Waals surface area (Å²) in [6.45, 7) is 9.97. The highest BCUT2D eigenvalue weighted by Gasteiger charge is 2.30. The first-order valence-electron chi connectivity index (χ1n) is 5.47. The van der Waals surface area contributed by atoms with Crippen molar-refractivity contribution in [3.63, 3.8) is 0 Å². The van der Waals surface area contributed by atoms with Crippen molar-refractivity contribution in [2.24, 2.45) is 5.92 Å². The predicted molar refractivity (Wildman–Crippen MR) is 64.1 cm³/mol. The molecule has 0 spiro atoms. The summed E-state index contributed by atoms with van der Waals surface area (Å²) in [7, 11) is 0. The maximum atomic E-state index is 12.0. The molecule has 1 aromatic carbocycles. The number of aryl methyl sites for hydroxylation is 1. The van der Waals surface area contributed by atoms with Crippen LogP contribution >= 0.6 is 0 Å². The SMILES string of the molecule is Cc1ccc(C(C)(C)C(=O)C(C)C)cc1. The van der Waals surface area contributed by atoms with Gasteiger partial charge in [-0.15, -0.1) is 0 Å². The van der Waals surface area contributed by atoms with Gasteiger partial charge in [0.25, 0.3) is 0 Å². The van der Waals surface area contributed by atoms with Crippen molar-refractivity contribution in [3.05, 3.63) is 35.4 Å². The highest BCUT2D eigenvalue weighted by atomic mass is 16.1. The lowest BCUT2D eigenvalue weighted by Gasteiger charge is -2.25. The van der Waals surface area contributed by atoms with Gasteiger partial charge in [0.2, 0.25) is 0 Å². The van der Waals surface area contributed by atoms with Crippen LogP contribution in [0.4, 0.5) is 0 Å². The van der Waals surface area contributed by atoms with E-state index in [-0.39, 0.29) is 11.3 Å². The molecular formula is C14H20O. The summed E-state index contributed by atoms with van der Waals surface area (Å²) in [5.41, 5.74) is 1.96. The van der Waals surface area contributed by atoms with Gasteiger partial charge in [-0.25, -0.2) is 0 Å². The zero-order valence-electron chi connectivity index (χ0n) is 10.3. The number of carbonyl (C=O) groups excluding carboxylic acids is 1. The molecule has 1 heteroatoms. The second-order valence-corrected chi connectivity index (χ2v) is 5.01. The van der Waals surface area contributed by atoms with E-state index in [1.807, 2.05) is 27.7 Å². The van der Waals surface area contributed by atoms with Crippen molar-refractivity contribution in [2.75, 3.05) is 0 Å². The van der Waals surface area contributed by atoms with Gasteiger partial charge in [0.15, 0.2) is 0 Å². The van der Waals surface area contributed by atoms with Crippen LogP contribution in [0.3, 0.4) is 0 Å². The average molecular weight is 204 g/mol. The third-order valence-electron chi connectivity index (χ3n) is 2.91. The third kappa shape index (κ3) is 2.47. The van der Waals surface area contributed by atoms with E-state index in [4.69, 9.17) is 0 Å². The molecule has 82 valence electrons. The maximum absolute atomic E-state index is 12.0. The highest BCUT2D eigenvalue weighted by molar-refractivity contribution is 5.90. The summed E-state index contributed by atoms with van der Waals surface area (Å²) < 4.78 is 0. The van der Waals surface area contributed by atoms with E-state index in [9.17, 15) is 4.79 Å². The van der Waals surface area contributed by atoms with Crippen LogP contribution in [-0.2, 0) is 10.2 Å². The van der Waals surface area contributed by atoms with Crippen LogP contribution in [0.1, 0.15) is 38.8 Å². The predicted octanol–water partition coefficient (Wildman–Crippen LogP) is 3.50. The average Bonchev–Trinajstić information content (AvgIpc) is 2.17. The molecule has 0 heterocycles. The Balaban J connectivity index is 3.05. The zero-order chi connectivity index (χ0) is 11.6. The molecule has 0 atom stereocenters.